The number of carbonyl (C=O) groups is 1. The fourth-order valence-electron chi connectivity index (χ4n) is 1.55. The molecule has 16 heavy (non-hydrogen) atoms. The number of fused-ring (bicyclic) bond motifs is 1. The Kier molecular flexibility index (Phi) is 2.40. The lowest BCUT2D eigenvalue weighted by Crippen LogP contribution is -2.11. The van der Waals surface area contributed by atoms with E-state index >= 15 is 0 Å². The smallest absolute Gasteiger partial charge is 0.225 e. The van der Waals surface area contributed by atoms with Crippen molar-refractivity contribution in [2.75, 3.05) is 11.1 Å². The van der Waals surface area contributed by atoms with Crippen LogP contribution >= 0.6 is 0 Å². The highest BCUT2D eigenvalue weighted by Crippen LogP contribution is 2.28. The third-order valence-corrected chi connectivity index (χ3v) is 4.10. The first-order valence-corrected chi connectivity index (χ1v) is 6.25. The van der Waals surface area contributed by atoms with E-state index in [0.717, 1.165) is 0 Å². The first-order valence-electron chi connectivity index (χ1n) is 4.60. The second kappa shape index (κ2) is 3.61. The van der Waals surface area contributed by atoms with Gasteiger partial charge in [0.2, 0.25) is 5.91 Å². The van der Waals surface area contributed by atoms with Gasteiger partial charge in [-0.25, -0.2) is 8.42 Å². The van der Waals surface area contributed by atoms with E-state index in [-0.39, 0.29) is 34.2 Å². The number of anilines is 1. The van der Waals surface area contributed by atoms with Crippen LogP contribution in [0.3, 0.4) is 0 Å². The summed E-state index contributed by atoms with van der Waals surface area (Å²) in [5.74, 6) is -0.606. The van der Waals surface area contributed by atoms with Crippen molar-refractivity contribution in [2.45, 2.75) is 11.3 Å². The summed E-state index contributed by atoms with van der Waals surface area (Å²) in [6.45, 7) is 0. The Morgan fingerprint density at radius 3 is 2.81 bits per heavy atom. The van der Waals surface area contributed by atoms with Crippen molar-refractivity contribution in [3.63, 3.8) is 0 Å². The zero-order valence-corrected chi connectivity index (χ0v) is 9.04. The van der Waals surface area contributed by atoms with Crippen molar-refractivity contribution >= 4 is 21.4 Å². The van der Waals surface area contributed by atoms with Crippen LogP contribution < -0.4 is 5.32 Å². The van der Waals surface area contributed by atoms with E-state index in [0.29, 0.717) is 0 Å². The summed E-state index contributed by atoms with van der Waals surface area (Å²) in [5, 5.41) is 11.3. The highest BCUT2D eigenvalue weighted by atomic mass is 32.2. The standard InChI is InChI=1S/C10H8N2O3S/c11-6-7-2-1-3-8-10(7)12-9(13)4-5-16(8,14)15/h1-3H,4-5H2,(H,12,13). The van der Waals surface area contributed by atoms with Gasteiger partial charge >= 0.3 is 0 Å². The van der Waals surface area contributed by atoms with Crippen LogP contribution in [0.4, 0.5) is 5.69 Å². The number of benzene rings is 1. The first-order chi connectivity index (χ1) is 7.54. The van der Waals surface area contributed by atoms with Crippen molar-refractivity contribution in [1.82, 2.24) is 0 Å². The molecule has 1 aliphatic rings. The van der Waals surface area contributed by atoms with E-state index in [4.69, 9.17) is 5.26 Å². The molecule has 0 atom stereocenters. The molecule has 0 aliphatic carbocycles. The Morgan fingerprint density at radius 2 is 2.12 bits per heavy atom. The molecule has 6 heteroatoms. The molecule has 0 saturated heterocycles. The lowest BCUT2D eigenvalue weighted by Gasteiger charge is -2.07. The number of amides is 1. The molecular formula is C10H8N2O3S. The van der Waals surface area contributed by atoms with Crippen molar-refractivity contribution in [3.05, 3.63) is 23.8 Å². The van der Waals surface area contributed by atoms with Crippen LogP contribution in [0.15, 0.2) is 23.1 Å². The molecule has 1 amide bonds. The Morgan fingerprint density at radius 1 is 1.38 bits per heavy atom. The van der Waals surface area contributed by atoms with Crippen LogP contribution in [-0.4, -0.2) is 20.1 Å². The Bertz CT molecular complexity index is 599. The molecule has 1 heterocycles. The fraction of sp³-hybridized carbons (Fsp3) is 0.200. The molecule has 2 rings (SSSR count). The quantitative estimate of drug-likeness (QED) is 0.717. The minimum Gasteiger partial charge on any atom is -0.324 e. The molecule has 0 bridgehead atoms. The van der Waals surface area contributed by atoms with Gasteiger partial charge < -0.3 is 5.32 Å². The number of nitrogens with one attached hydrogen (secondary N) is 1. The molecule has 82 valence electrons. The molecule has 1 aromatic rings. The van der Waals surface area contributed by atoms with E-state index in [1.165, 1.54) is 18.2 Å². The number of hydrogen-bond acceptors (Lipinski definition) is 4. The number of nitriles is 1. The number of rotatable bonds is 0. The van der Waals surface area contributed by atoms with Gasteiger partial charge in [0.05, 0.1) is 21.9 Å². The van der Waals surface area contributed by atoms with Gasteiger partial charge in [-0.15, -0.1) is 0 Å². The van der Waals surface area contributed by atoms with Crippen LogP contribution in [-0.2, 0) is 14.6 Å². The number of carbonyl (C=O) groups excluding carboxylic acids is 1. The SMILES string of the molecule is N#Cc1cccc2c1NC(=O)CCS2(=O)=O. The van der Waals surface area contributed by atoms with Crippen molar-refractivity contribution in [2.24, 2.45) is 0 Å². The summed E-state index contributed by atoms with van der Waals surface area (Å²) < 4.78 is 23.6. The molecule has 1 N–H and O–H groups in total. The molecule has 1 aliphatic heterocycles. The monoisotopic (exact) mass is 236 g/mol. The lowest BCUT2D eigenvalue weighted by molar-refractivity contribution is -0.115. The maximum atomic E-state index is 11.8. The highest BCUT2D eigenvalue weighted by molar-refractivity contribution is 7.91. The van der Waals surface area contributed by atoms with Crippen LogP contribution in [0, 0.1) is 11.3 Å². The van der Waals surface area contributed by atoms with Crippen molar-refractivity contribution in [1.29, 1.82) is 5.26 Å². The summed E-state index contributed by atoms with van der Waals surface area (Å²) in [6.07, 6.45) is -0.0815. The second-order valence-corrected chi connectivity index (χ2v) is 5.49. The topological polar surface area (TPSA) is 87.0 Å². The molecule has 0 fully saturated rings. The largest absolute Gasteiger partial charge is 0.324 e. The highest BCUT2D eigenvalue weighted by Gasteiger charge is 2.26. The summed E-state index contributed by atoms with van der Waals surface area (Å²) in [5.41, 5.74) is 0.267. The predicted molar refractivity (Wildman–Crippen MR) is 56.5 cm³/mol. The number of para-hydroxylation sites is 1. The molecular weight excluding hydrogens is 228 g/mol. The van der Waals surface area contributed by atoms with Crippen LogP contribution in [0.1, 0.15) is 12.0 Å². The summed E-state index contributed by atoms with van der Waals surface area (Å²) in [7, 11) is -3.48. The summed E-state index contributed by atoms with van der Waals surface area (Å²) >= 11 is 0. The average Bonchev–Trinajstić information content (AvgIpc) is 2.37. The average molecular weight is 236 g/mol. The minimum atomic E-state index is -3.48. The van der Waals surface area contributed by atoms with Gasteiger partial charge in [-0.1, -0.05) is 6.07 Å². The Labute approximate surface area is 92.6 Å². The van der Waals surface area contributed by atoms with Gasteiger partial charge in [0.1, 0.15) is 6.07 Å². The van der Waals surface area contributed by atoms with Gasteiger partial charge in [-0.3, -0.25) is 4.79 Å². The van der Waals surface area contributed by atoms with Gasteiger partial charge in [0.15, 0.2) is 9.84 Å². The van der Waals surface area contributed by atoms with E-state index in [1.54, 1.807) is 0 Å². The van der Waals surface area contributed by atoms with Gasteiger partial charge in [0.25, 0.3) is 0 Å². The minimum absolute atomic E-state index is 0.0254. The maximum Gasteiger partial charge on any atom is 0.225 e. The molecule has 0 unspecified atom stereocenters. The van der Waals surface area contributed by atoms with E-state index in [1.807, 2.05) is 6.07 Å². The number of hydrogen-bond donors (Lipinski definition) is 1. The fourth-order valence-corrected chi connectivity index (χ4v) is 2.98. The first kappa shape index (κ1) is 10.6. The van der Waals surface area contributed by atoms with Crippen LogP contribution in [0.2, 0.25) is 0 Å². The number of nitrogens with zero attached hydrogens (tertiary/aromatic N) is 1. The molecule has 0 aromatic heterocycles. The predicted octanol–water partition coefficient (Wildman–Crippen LogP) is 0.674. The third-order valence-electron chi connectivity index (χ3n) is 2.34. The normalized spacial score (nSPS) is 17.8. The zero-order chi connectivity index (χ0) is 11.8. The van der Waals surface area contributed by atoms with Gasteiger partial charge in [-0.2, -0.15) is 5.26 Å². The molecule has 0 radical (unpaired) electrons. The van der Waals surface area contributed by atoms with E-state index in [9.17, 15) is 13.2 Å². The van der Waals surface area contributed by atoms with E-state index in [2.05, 4.69) is 5.32 Å². The second-order valence-electron chi connectivity index (χ2n) is 3.41. The Balaban J connectivity index is 2.75. The molecule has 1 aromatic carbocycles. The van der Waals surface area contributed by atoms with Crippen molar-refractivity contribution < 1.29 is 13.2 Å². The zero-order valence-electron chi connectivity index (χ0n) is 8.23. The lowest BCUT2D eigenvalue weighted by atomic mass is 10.2. The Hall–Kier alpha value is -1.87. The summed E-state index contributed by atoms with van der Waals surface area (Å²) in [6, 6.07) is 6.23. The van der Waals surface area contributed by atoms with Gasteiger partial charge in [0, 0.05) is 6.42 Å². The van der Waals surface area contributed by atoms with E-state index < -0.39 is 9.84 Å². The maximum absolute atomic E-state index is 11.8. The number of sulfone groups is 1. The third kappa shape index (κ3) is 1.66. The van der Waals surface area contributed by atoms with Crippen molar-refractivity contribution in [3.8, 4) is 6.07 Å². The molecule has 0 saturated carbocycles. The molecule has 5 nitrogen and oxygen atoms in total. The van der Waals surface area contributed by atoms with Crippen LogP contribution in [0.25, 0.3) is 0 Å². The van der Waals surface area contributed by atoms with Crippen LogP contribution in [0.5, 0.6) is 0 Å². The van der Waals surface area contributed by atoms with Gasteiger partial charge in [-0.05, 0) is 12.1 Å². The molecule has 0 spiro atoms. The summed E-state index contributed by atoms with van der Waals surface area (Å²) in [4.78, 5) is 11.3.